The van der Waals surface area contributed by atoms with E-state index in [4.69, 9.17) is 0 Å². The summed E-state index contributed by atoms with van der Waals surface area (Å²) in [6.45, 7) is 9.34. The Labute approximate surface area is 254 Å². The van der Waals surface area contributed by atoms with Gasteiger partial charge in [0.05, 0.1) is 27.7 Å². The van der Waals surface area contributed by atoms with E-state index in [1.807, 2.05) is 36.4 Å². The van der Waals surface area contributed by atoms with Crippen LogP contribution in [0, 0.1) is 0 Å². The molecule has 1 aliphatic heterocycles. The second-order valence-electron chi connectivity index (χ2n) is 11.6. The smallest absolute Gasteiger partial charge is 0.336 e. The molecule has 224 valence electrons. The van der Waals surface area contributed by atoms with Crippen LogP contribution < -0.4 is 4.90 Å². The second kappa shape index (κ2) is 13.4. The first kappa shape index (κ1) is 30.3. The summed E-state index contributed by atoms with van der Waals surface area (Å²) in [4.78, 5) is 27.9. The van der Waals surface area contributed by atoms with Crippen LogP contribution in [0.5, 0.6) is 0 Å². The molecule has 1 aliphatic carbocycles. The van der Waals surface area contributed by atoms with Gasteiger partial charge in [0.2, 0.25) is 17.2 Å². The lowest BCUT2D eigenvalue weighted by Gasteiger charge is -2.26. The van der Waals surface area contributed by atoms with Crippen molar-refractivity contribution in [3.05, 3.63) is 88.7 Å². The van der Waals surface area contributed by atoms with Gasteiger partial charge in [-0.2, -0.15) is 4.58 Å². The molecule has 1 heterocycles. The highest BCUT2D eigenvalue weighted by molar-refractivity contribution is 6.40. The van der Waals surface area contributed by atoms with E-state index in [2.05, 4.69) is 42.4 Å². The molecule has 0 fully saturated rings. The summed E-state index contributed by atoms with van der Waals surface area (Å²) in [6, 6.07) is 17.2. The zero-order chi connectivity index (χ0) is 30.5. The summed E-state index contributed by atoms with van der Waals surface area (Å²) in [6.07, 6.45) is 10.7. The molecule has 3 aromatic carbocycles. The number of ketones is 1. The van der Waals surface area contributed by atoms with E-state index >= 15 is 0 Å². The number of unbranched alkanes of at least 4 members (excludes halogenated alkanes) is 5. The van der Waals surface area contributed by atoms with Crippen molar-refractivity contribution in [1.82, 2.24) is 0 Å². The maximum Gasteiger partial charge on any atom is 0.336 e. The summed E-state index contributed by atoms with van der Waals surface area (Å²) < 4.78 is 2.18. The largest absolute Gasteiger partial charge is 0.506 e. The third-order valence-electron chi connectivity index (χ3n) is 8.67. The monoisotopic (exact) mass is 579 g/mol. The average Bonchev–Trinajstić information content (AvgIpc) is 3.32. The van der Waals surface area contributed by atoms with Crippen molar-refractivity contribution in [3.63, 3.8) is 0 Å². The molecule has 0 aromatic heterocycles. The lowest BCUT2D eigenvalue weighted by atomic mass is 9.82. The van der Waals surface area contributed by atoms with Gasteiger partial charge in [0, 0.05) is 42.7 Å². The van der Waals surface area contributed by atoms with Crippen molar-refractivity contribution in [2.75, 3.05) is 24.5 Å². The van der Waals surface area contributed by atoms with Gasteiger partial charge in [0.15, 0.2) is 0 Å². The Bertz CT molecular complexity index is 1620. The standard InChI is InChI=1S/C37H42N2O4/c1-4-7-10-11-23-39-31-14-12-13-27-28(37(42)43)19-20-29(34(27)31)32(39)24-30-35(40)33(36(30)41)25-15-17-26(18-16-25)38(21-8-5-2)22-9-6-3/h12-20,24H,4-11,21-23H2,1-3H3,(H-,40,41,42,43)/p+1. The fourth-order valence-electron chi connectivity index (χ4n) is 6.25. The zero-order valence-corrected chi connectivity index (χ0v) is 25.7. The quantitative estimate of drug-likeness (QED) is 0.107. The van der Waals surface area contributed by atoms with Crippen LogP contribution >= 0.6 is 0 Å². The Balaban J connectivity index is 1.50. The van der Waals surface area contributed by atoms with Crippen LogP contribution in [0.2, 0.25) is 0 Å². The number of carbonyl (C=O) groups excluding carboxylic acids is 1. The number of allylic oxidation sites excluding steroid dienone is 3. The van der Waals surface area contributed by atoms with Crippen LogP contribution in [0.15, 0.2) is 72.0 Å². The van der Waals surface area contributed by atoms with E-state index in [1.54, 1.807) is 12.1 Å². The first-order valence-corrected chi connectivity index (χ1v) is 15.9. The molecule has 2 N–H and O–H groups in total. The Kier molecular flexibility index (Phi) is 9.44. The highest BCUT2D eigenvalue weighted by Gasteiger charge is 2.39. The molecule has 6 heteroatoms. The molecule has 5 rings (SSSR count). The molecule has 0 saturated heterocycles. The minimum absolute atomic E-state index is 0.0133. The molecule has 0 spiro atoms. The van der Waals surface area contributed by atoms with Gasteiger partial charge in [-0.25, -0.2) is 4.79 Å². The molecular weight excluding hydrogens is 536 g/mol. The first-order chi connectivity index (χ1) is 20.9. The van der Waals surface area contributed by atoms with Gasteiger partial charge in [-0.05, 0) is 49.1 Å². The summed E-state index contributed by atoms with van der Waals surface area (Å²) >= 11 is 0. The number of hydrogen-bond acceptors (Lipinski definition) is 4. The minimum Gasteiger partial charge on any atom is -0.506 e. The molecule has 2 aliphatic rings. The predicted octanol–water partition coefficient (Wildman–Crippen LogP) is 8.45. The Morgan fingerprint density at radius 3 is 2.19 bits per heavy atom. The predicted molar refractivity (Wildman–Crippen MR) is 175 cm³/mol. The maximum absolute atomic E-state index is 13.5. The zero-order valence-electron chi connectivity index (χ0n) is 25.7. The summed E-state index contributed by atoms with van der Waals surface area (Å²) in [5.74, 6) is -1.12. The fourth-order valence-corrected chi connectivity index (χ4v) is 6.25. The molecule has 0 atom stereocenters. The number of Topliss-reactive ketones (excluding diaryl/α,β-unsaturated/α-hetero) is 1. The normalized spacial score (nSPS) is 15.1. The number of benzene rings is 3. The SMILES string of the molecule is CCCCCC[N+]1=C(C=C2C(=O)C(c3ccc(N(CCCC)CCCC)cc3)=C2O)c2ccc(C(=O)O)c3cccc1c23. The van der Waals surface area contributed by atoms with Crippen molar-refractivity contribution in [1.29, 1.82) is 0 Å². The van der Waals surface area contributed by atoms with Gasteiger partial charge in [-0.1, -0.05) is 70.7 Å². The van der Waals surface area contributed by atoms with Gasteiger partial charge >= 0.3 is 5.97 Å². The highest BCUT2D eigenvalue weighted by atomic mass is 16.4. The van der Waals surface area contributed by atoms with Crippen LogP contribution in [0.1, 0.15) is 93.6 Å². The number of aliphatic hydroxyl groups excluding tert-OH is 1. The number of aliphatic hydroxyl groups is 1. The minimum atomic E-state index is -0.964. The molecule has 0 saturated carbocycles. The molecule has 0 unspecified atom stereocenters. The molecule has 43 heavy (non-hydrogen) atoms. The fraction of sp³-hybridized carbons (Fsp3) is 0.378. The lowest BCUT2D eigenvalue weighted by Crippen LogP contribution is -2.26. The first-order valence-electron chi connectivity index (χ1n) is 15.9. The van der Waals surface area contributed by atoms with E-state index in [9.17, 15) is 19.8 Å². The number of nitrogens with zero attached hydrogens (tertiary/aromatic N) is 2. The Morgan fingerprint density at radius 2 is 1.56 bits per heavy atom. The van der Waals surface area contributed by atoms with E-state index < -0.39 is 5.97 Å². The number of carbonyl (C=O) groups is 2. The van der Waals surface area contributed by atoms with Crippen LogP contribution in [0.25, 0.3) is 16.3 Å². The Hall–Kier alpha value is -4.19. The number of anilines is 1. The van der Waals surface area contributed by atoms with E-state index in [1.165, 1.54) is 0 Å². The van der Waals surface area contributed by atoms with Crippen molar-refractivity contribution < 1.29 is 24.4 Å². The van der Waals surface area contributed by atoms with Crippen molar-refractivity contribution in [3.8, 4) is 0 Å². The van der Waals surface area contributed by atoms with E-state index in [-0.39, 0.29) is 17.1 Å². The van der Waals surface area contributed by atoms with Gasteiger partial charge in [-0.15, -0.1) is 0 Å². The molecule has 6 nitrogen and oxygen atoms in total. The number of hydrogen-bond donors (Lipinski definition) is 2. The summed E-state index contributed by atoms with van der Waals surface area (Å²) in [5.41, 5.74) is 5.42. The third kappa shape index (κ3) is 5.88. The van der Waals surface area contributed by atoms with Crippen LogP contribution in [0.3, 0.4) is 0 Å². The number of rotatable bonds is 15. The van der Waals surface area contributed by atoms with Crippen LogP contribution in [-0.2, 0) is 4.79 Å². The maximum atomic E-state index is 13.5. The number of carboxylic acids is 1. The van der Waals surface area contributed by atoms with Crippen LogP contribution in [0.4, 0.5) is 11.4 Å². The van der Waals surface area contributed by atoms with Crippen molar-refractivity contribution in [2.24, 2.45) is 0 Å². The molecule has 3 aromatic rings. The molecule has 0 amide bonds. The number of aromatic carboxylic acids is 1. The summed E-state index contributed by atoms with van der Waals surface area (Å²) in [7, 11) is 0. The molecule has 0 radical (unpaired) electrons. The van der Waals surface area contributed by atoms with Gasteiger partial charge < -0.3 is 15.1 Å². The van der Waals surface area contributed by atoms with E-state index in [0.717, 1.165) is 105 Å². The second-order valence-corrected chi connectivity index (χ2v) is 11.6. The van der Waals surface area contributed by atoms with Crippen LogP contribution in [-0.4, -0.2) is 51.9 Å². The molecular formula is C37H43N2O4+. The van der Waals surface area contributed by atoms with Gasteiger partial charge in [0.1, 0.15) is 12.3 Å². The van der Waals surface area contributed by atoms with Gasteiger partial charge in [0.25, 0.3) is 0 Å². The topological polar surface area (TPSA) is 80.8 Å². The van der Waals surface area contributed by atoms with Crippen molar-refractivity contribution >= 4 is 45.2 Å². The third-order valence-corrected chi connectivity index (χ3v) is 8.67. The average molecular weight is 580 g/mol. The lowest BCUT2D eigenvalue weighted by molar-refractivity contribution is -0.436. The Morgan fingerprint density at radius 1 is 0.860 bits per heavy atom. The summed E-state index contributed by atoms with van der Waals surface area (Å²) in [5, 5.41) is 22.6. The van der Waals surface area contributed by atoms with Gasteiger partial charge in [-0.3, -0.25) is 4.79 Å². The molecule has 0 bridgehead atoms. The van der Waals surface area contributed by atoms with Crippen molar-refractivity contribution in [2.45, 2.75) is 72.1 Å². The highest BCUT2D eigenvalue weighted by Crippen LogP contribution is 2.41. The number of carboxylic acid groups (broad SMARTS) is 1. The van der Waals surface area contributed by atoms with E-state index in [0.29, 0.717) is 16.5 Å².